The van der Waals surface area contributed by atoms with Crippen LogP contribution < -0.4 is 0 Å². The van der Waals surface area contributed by atoms with Gasteiger partial charge in [0.25, 0.3) is 0 Å². The van der Waals surface area contributed by atoms with Gasteiger partial charge in [-0.25, -0.2) is 4.39 Å². The molecule has 0 radical (unpaired) electrons. The molecule has 82 valence electrons. The first-order valence-electron chi connectivity index (χ1n) is 5.25. The Balaban J connectivity index is 2.09. The molecule has 0 bridgehead atoms. The van der Waals surface area contributed by atoms with Gasteiger partial charge in [0.05, 0.1) is 0 Å². The molecule has 2 rings (SSSR count). The molecule has 0 spiro atoms. The van der Waals surface area contributed by atoms with E-state index in [1.807, 2.05) is 0 Å². The van der Waals surface area contributed by atoms with Gasteiger partial charge in [-0.15, -0.1) is 11.6 Å². The molecule has 0 aliphatic heterocycles. The average molecular weight is 247 g/mol. The molecule has 1 aromatic rings. The molecule has 0 aromatic heterocycles. The Morgan fingerprint density at radius 3 is 2.67 bits per heavy atom. The van der Waals surface area contributed by atoms with Crippen LogP contribution in [-0.2, 0) is 6.42 Å². The van der Waals surface area contributed by atoms with Crippen LogP contribution in [0.15, 0.2) is 18.2 Å². The van der Waals surface area contributed by atoms with Crippen molar-refractivity contribution in [2.45, 2.75) is 31.1 Å². The van der Waals surface area contributed by atoms with Gasteiger partial charge in [-0.1, -0.05) is 24.1 Å². The highest BCUT2D eigenvalue weighted by Crippen LogP contribution is 2.35. The minimum absolute atomic E-state index is 0.0214. The zero-order chi connectivity index (χ0) is 10.8. The van der Waals surface area contributed by atoms with E-state index in [2.05, 4.69) is 0 Å². The van der Waals surface area contributed by atoms with Gasteiger partial charge in [0.15, 0.2) is 0 Å². The van der Waals surface area contributed by atoms with Crippen LogP contribution in [0.4, 0.5) is 4.39 Å². The topological polar surface area (TPSA) is 0 Å². The van der Waals surface area contributed by atoms with Crippen LogP contribution in [0.3, 0.4) is 0 Å². The Hall–Kier alpha value is -0.270. The van der Waals surface area contributed by atoms with E-state index in [0.717, 1.165) is 0 Å². The van der Waals surface area contributed by atoms with Crippen LogP contribution in [0.25, 0.3) is 0 Å². The van der Waals surface area contributed by atoms with Crippen molar-refractivity contribution in [1.82, 2.24) is 0 Å². The van der Waals surface area contributed by atoms with Gasteiger partial charge in [0.1, 0.15) is 5.82 Å². The van der Waals surface area contributed by atoms with E-state index in [-0.39, 0.29) is 11.2 Å². The third kappa shape index (κ3) is 2.46. The van der Waals surface area contributed by atoms with Crippen molar-refractivity contribution < 1.29 is 4.39 Å². The van der Waals surface area contributed by atoms with Gasteiger partial charge >= 0.3 is 0 Å². The van der Waals surface area contributed by atoms with Crippen LogP contribution in [0.5, 0.6) is 0 Å². The largest absolute Gasteiger partial charge is 0.207 e. The van der Waals surface area contributed by atoms with E-state index in [0.29, 0.717) is 22.9 Å². The quantitative estimate of drug-likeness (QED) is 0.693. The Morgan fingerprint density at radius 2 is 2.13 bits per heavy atom. The Bertz CT molecular complexity index is 327. The first-order chi connectivity index (χ1) is 7.18. The summed E-state index contributed by atoms with van der Waals surface area (Å²) in [5.74, 6) is 0.301. The molecule has 1 aromatic carbocycles. The monoisotopic (exact) mass is 246 g/mol. The summed E-state index contributed by atoms with van der Waals surface area (Å²) in [5, 5.41) is 0.508. The summed E-state index contributed by atoms with van der Waals surface area (Å²) in [6.07, 6.45) is 4.12. The van der Waals surface area contributed by atoms with E-state index in [4.69, 9.17) is 23.2 Å². The van der Waals surface area contributed by atoms with E-state index in [1.54, 1.807) is 12.1 Å². The molecule has 1 aliphatic carbocycles. The number of benzene rings is 1. The SMILES string of the molecule is Fc1cccc(Cl)c1CC(Cl)C1CCC1. The lowest BCUT2D eigenvalue weighted by Gasteiger charge is -2.30. The molecule has 0 N–H and O–H groups in total. The molecule has 1 unspecified atom stereocenters. The molecule has 0 heterocycles. The standard InChI is InChI=1S/C12H13Cl2F/c13-10-5-2-6-12(15)9(10)7-11(14)8-3-1-4-8/h2,5-6,8,11H,1,3-4,7H2. The molecule has 1 saturated carbocycles. The third-order valence-corrected chi connectivity index (χ3v) is 3.99. The summed E-state index contributed by atoms with van der Waals surface area (Å²) < 4.78 is 13.5. The van der Waals surface area contributed by atoms with Gasteiger partial charge in [0, 0.05) is 16.0 Å². The van der Waals surface area contributed by atoms with Crippen LogP contribution in [0.1, 0.15) is 24.8 Å². The third-order valence-electron chi connectivity index (χ3n) is 3.12. The fraction of sp³-hybridized carbons (Fsp3) is 0.500. The molecule has 15 heavy (non-hydrogen) atoms. The number of halogens is 3. The minimum Gasteiger partial charge on any atom is -0.207 e. The second-order valence-corrected chi connectivity index (χ2v) is 5.08. The molecule has 0 saturated heterocycles. The first-order valence-corrected chi connectivity index (χ1v) is 6.07. The summed E-state index contributed by atoms with van der Waals surface area (Å²) >= 11 is 12.2. The second kappa shape index (κ2) is 4.71. The summed E-state index contributed by atoms with van der Waals surface area (Å²) in [7, 11) is 0. The molecule has 3 heteroatoms. The highest BCUT2D eigenvalue weighted by atomic mass is 35.5. The van der Waals surface area contributed by atoms with Crippen LogP contribution in [0.2, 0.25) is 5.02 Å². The Kier molecular flexibility index (Phi) is 3.53. The Morgan fingerprint density at radius 1 is 1.40 bits per heavy atom. The minimum atomic E-state index is -0.243. The normalized spacial score (nSPS) is 18.6. The van der Waals surface area contributed by atoms with E-state index in [9.17, 15) is 4.39 Å². The zero-order valence-corrected chi connectivity index (χ0v) is 9.86. The lowest BCUT2D eigenvalue weighted by Crippen LogP contribution is -2.24. The second-order valence-electron chi connectivity index (χ2n) is 4.11. The van der Waals surface area contributed by atoms with Gasteiger partial charge in [-0.3, -0.25) is 0 Å². The van der Waals surface area contributed by atoms with Crippen molar-refractivity contribution in [3.8, 4) is 0 Å². The number of rotatable bonds is 3. The van der Waals surface area contributed by atoms with Crippen molar-refractivity contribution in [3.05, 3.63) is 34.6 Å². The van der Waals surface area contributed by atoms with Crippen LogP contribution in [0, 0.1) is 11.7 Å². The van der Waals surface area contributed by atoms with Gasteiger partial charge < -0.3 is 0 Å². The predicted molar refractivity (Wildman–Crippen MR) is 62.1 cm³/mol. The van der Waals surface area contributed by atoms with Crippen molar-refractivity contribution in [3.63, 3.8) is 0 Å². The van der Waals surface area contributed by atoms with Crippen LogP contribution >= 0.6 is 23.2 Å². The van der Waals surface area contributed by atoms with Gasteiger partial charge in [-0.2, -0.15) is 0 Å². The number of alkyl halides is 1. The van der Waals surface area contributed by atoms with Crippen molar-refractivity contribution in [2.75, 3.05) is 0 Å². The molecule has 1 fully saturated rings. The van der Waals surface area contributed by atoms with Gasteiger partial charge in [-0.05, 0) is 37.3 Å². The molecule has 0 amide bonds. The summed E-state index contributed by atoms with van der Waals surface area (Å²) in [5.41, 5.74) is 0.561. The summed E-state index contributed by atoms with van der Waals surface area (Å²) in [6.45, 7) is 0. The number of hydrogen-bond donors (Lipinski definition) is 0. The fourth-order valence-corrected chi connectivity index (χ4v) is 2.54. The highest BCUT2D eigenvalue weighted by molar-refractivity contribution is 6.31. The lowest BCUT2D eigenvalue weighted by atomic mass is 9.81. The van der Waals surface area contributed by atoms with Crippen molar-refractivity contribution in [1.29, 1.82) is 0 Å². The highest BCUT2D eigenvalue weighted by Gasteiger charge is 2.26. The molecule has 1 atom stereocenters. The maximum atomic E-state index is 13.5. The fourth-order valence-electron chi connectivity index (χ4n) is 1.89. The predicted octanol–water partition coefficient (Wildman–Crippen LogP) is 4.43. The van der Waals surface area contributed by atoms with Crippen molar-refractivity contribution >= 4 is 23.2 Å². The smallest absolute Gasteiger partial charge is 0.127 e. The van der Waals surface area contributed by atoms with E-state index in [1.165, 1.54) is 25.3 Å². The van der Waals surface area contributed by atoms with Crippen LogP contribution in [-0.4, -0.2) is 5.38 Å². The summed E-state index contributed by atoms with van der Waals surface area (Å²) in [4.78, 5) is 0. The average Bonchev–Trinajstić information content (AvgIpc) is 2.08. The maximum Gasteiger partial charge on any atom is 0.127 e. The van der Waals surface area contributed by atoms with E-state index >= 15 is 0 Å². The molecule has 1 aliphatic rings. The van der Waals surface area contributed by atoms with E-state index < -0.39 is 0 Å². The molecular formula is C12H13Cl2F. The summed E-state index contributed by atoms with van der Waals surface area (Å²) in [6, 6.07) is 4.77. The first kappa shape index (κ1) is 11.2. The molecular weight excluding hydrogens is 234 g/mol. The van der Waals surface area contributed by atoms with Gasteiger partial charge in [0.2, 0.25) is 0 Å². The number of hydrogen-bond acceptors (Lipinski definition) is 0. The lowest BCUT2D eigenvalue weighted by molar-refractivity contribution is 0.301. The molecule has 0 nitrogen and oxygen atoms in total. The zero-order valence-electron chi connectivity index (χ0n) is 8.35. The maximum absolute atomic E-state index is 13.5. The van der Waals surface area contributed by atoms with Crippen molar-refractivity contribution in [2.24, 2.45) is 5.92 Å². The Labute approximate surface area is 99.4 Å².